The Morgan fingerprint density at radius 1 is 1.28 bits per heavy atom. The van der Waals surface area contributed by atoms with Crippen molar-refractivity contribution in [3.8, 4) is 5.75 Å². The molecule has 1 aliphatic heterocycles. The molecule has 1 N–H and O–H groups in total. The van der Waals surface area contributed by atoms with Gasteiger partial charge in [-0.3, -0.25) is 4.79 Å². The molecule has 2 fully saturated rings. The molecule has 4 nitrogen and oxygen atoms in total. The average Bonchev–Trinajstić information content (AvgIpc) is 3.37. The van der Waals surface area contributed by atoms with Crippen LogP contribution in [0.2, 0.25) is 0 Å². The molecular weight excluding hydrogens is 404 g/mol. The number of amides is 1. The number of nitrogens with zero attached hydrogens (tertiary/aromatic N) is 1. The fourth-order valence-corrected chi connectivity index (χ4v) is 3.48. The zero-order valence-electron chi connectivity index (χ0n) is 15.0. The van der Waals surface area contributed by atoms with Crippen LogP contribution in [0.4, 0.5) is 0 Å². The maximum atomic E-state index is 12.9. The van der Waals surface area contributed by atoms with E-state index in [4.69, 9.17) is 4.74 Å². The number of benzene rings is 1. The maximum Gasteiger partial charge on any atom is 0.257 e. The van der Waals surface area contributed by atoms with Gasteiger partial charge in [-0.25, -0.2) is 0 Å². The Morgan fingerprint density at radius 3 is 2.56 bits per heavy atom. The largest absolute Gasteiger partial charge is 0.490 e. The van der Waals surface area contributed by atoms with E-state index in [-0.39, 0.29) is 24.4 Å². The van der Waals surface area contributed by atoms with Gasteiger partial charge in [0.05, 0.1) is 11.7 Å². The van der Waals surface area contributed by atoms with Crippen molar-refractivity contribution in [1.29, 1.82) is 0 Å². The van der Waals surface area contributed by atoms with Crippen LogP contribution in [-0.4, -0.2) is 42.6 Å². The lowest BCUT2D eigenvalue weighted by molar-refractivity contribution is 0.0699. The van der Waals surface area contributed by atoms with Crippen LogP contribution in [0.15, 0.2) is 22.7 Å². The van der Waals surface area contributed by atoms with Crippen LogP contribution in [0.1, 0.15) is 49.9 Å². The quantitative estimate of drug-likeness (QED) is 0.731. The van der Waals surface area contributed by atoms with Gasteiger partial charge in [-0.2, -0.15) is 0 Å². The first-order valence-electron chi connectivity index (χ1n) is 9.02. The van der Waals surface area contributed by atoms with Crippen molar-refractivity contribution in [1.82, 2.24) is 10.2 Å². The highest BCUT2D eigenvalue weighted by molar-refractivity contribution is 9.10. The van der Waals surface area contributed by atoms with E-state index in [1.807, 2.05) is 36.9 Å². The molecule has 1 aromatic rings. The summed E-state index contributed by atoms with van der Waals surface area (Å²) in [5.41, 5.74) is 0.663. The lowest BCUT2D eigenvalue weighted by Gasteiger charge is -2.33. The zero-order valence-corrected chi connectivity index (χ0v) is 17.4. The molecule has 0 radical (unpaired) electrons. The van der Waals surface area contributed by atoms with Crippen LogP contribution >= 0.6 is 28.3 Å². The molecule has 140 valence electrons. The molecule has 0 unspecified atom stereocenters. The van der Waals surface area contributed by atoms with Crippen LogP contribution in [0.5, 0.6) is 5.75 Å². The van der Waals surface area contributed by atoms with E-state index in [9.17, 15) is 4.79 Å². The number of carbonyl (C=O) groups excluding carboxylic acids is 1. The van der Waals surface area contributed by atoms with Crippen molar-refractivity contribution < 1.29 is 9.53 Å². The Hall–Kier alpha value is -0.780. The minimum atomic E-state index is 0. The minimum Gasteiger partial charge on any atom is -0.490 e. The van der Waals surface area contributed by atoms with E-state index in [2.05, 4.69) is 21.2 Å². The molecule has 0 spiro atoms. The van der Waals surface area contributed by atoms with Gasteiger partial charge in [0.15, 0.2) is 0 Å². The average molecular weight is 432 g/mol. The van der Waals surface area contributed by atoms with E-state index >= 15 is 0 Å². The van der Waals surface area contributed by atoms with E-state index in [0.717, 1.165) is 42.9 Å². The number of piperidine rings is 1. The monoisotopic (exact) mass is 430 g/mol. The highest BCUT2D eigenvalue weighted by Gasteiger charge is 2.27. The molecule has 1 heterocycles. The summed E-state index contributed by atoms with van der Waals surface area (Å²) in [7, 11) is 0. The van der Waals surface area contributed by atoms with E-state index in [0.29, 0.717) is 17.4 Å². The summed E-state index contributed by atoms with van der Waals surface area (Å²) in [5, 5.41) is 3.66. The van der Waals surface area contributed by atoms with Gasteiger partial charge in [0, 0.05) is 23.6 Å². The third-order valence-corrected chi connectivity index (χ3v) is 5.20. The number of hydrogen-bond acceptors (Lipinski definition) is 3. The number of nitrogens with one attached hydrogen (secondary N) is 1. The molecule has 0 bridgehead atoms. The minimum absolute atomic E-state index is 0. The summed E-state index contributed by atoms with van der Waals surface area (Å²) < 4.78 is 6.77. The molecule has 6 heteroatoms. The van der Waals surface area contributed by atoms with E-state index in [1.54, 1.807) is 0 Å². The van der Waals surface area contributed by atoms with Crippen LogP contribution in [0.25, 0.3) is 0 Å². The van der Waals surface area contributed by atoms with Gasteiger partial charge in [-0.05, 0) is 70.2 Å². The number of halogens is 2. The first-order chi connectivity index (χ1) is 11.5. The van der Waals surface area contributed by atoms with Crippen molar-refractivity contribution >= 4 is 34.2 Å². The predicted molar refractivity (Wildman–Crippen MR) is 107 cm³/mol. The summed E-state index contributed by atoms with van der Waals surface area (Å²) in [6.07, 6.45) is 4.88. The summed E-state index contributed by atoms with van der Waals surface area (Å²) in [6.45, 7) is 6.74. The Balaban J connectivity index is 0.00000225. The lowest BCUT2D eigenvalue weighted by Crippen LogP contribution is -2.45. The fourth-order valence-electron chi connectivity index (χ4n) is 3.14. The molecule has 2 aliphatic rings. The van der Waals surface area contributed by atoms with Crippen molar-refractivity contribution in [2.75, 3.05) is 19.6 Å². The molecule has 3 rings (SSSR count). The summed E-state index contributed by atoms with van der Waals surface area (Å²) in [6, 6.07) is 6.22. The van der Waals surface area contributed by atoms with Crippen molar-refractivity contribution in [2.45, 2.75) is 51.7 Å². The molecule has 1 aromatic carbocycles. The van der Waals surface area contributed by atoms with Crippen molar-refractivity contribution in [3.05, 3.63) is 28.2 Å². The maximum absolute atomic E-state index is 12.9. The fraction of sp³-hybridized carbons (Fsp3) is 0.632. The smallest absolute Gasteiger partial charge is 0.257 e. The normalized spacial score (nSPS) is 18.2. The first-order valence-corrected chi connectivity index (χ1v) is 9.81. The number of carbonyl (C=O) groups is 1. The van der Waals surface area contributed by atoms with Crippen LogP contribution < -0.4 is 10.1 Å². The second-order valence-electron chi connectivity index (χ2n) is 7.23. The second-order valence-corrected chi connectivity index (χ2v) is 8.14. The van der Waals surface area contributed by atoms with Crippen LogP contribution in [-0.2, 0) is 0 Å². The van der Waals surface area contributed by atoms with E-state index < -0.39 is 0 Å². The number of likely N-dealkylation sites (tertiary alicyclic amines) is 1. The Morgan fingerprint density at radius 2 is 1.96 bits per heavy atom. The summed E-state index contributed by atoms with van der Waals surface area (Å²) in [5.74, 6) is 1.65. The topological polar surface area (TPSA) is 41.6 Å². The van der Waals surface area contributed by atoms with Crippen molar-refractivity contribution in [3.63, 3.8) is 0 Å². The molecule has 25 heavy (non-hydrogen) atoms. The molecule has 1 amide bonds. The number of rotatable bonds is 6. The van der Waals surface area contributed by atoms with Gasteiger partial charge >= 0.3 is 0 Å². The Bertz CT molecular complexity index is 585. The van der Waals surface area contributed by atoms with Gasteiger partial charge in [0.2, 0.25) is 0 Å². The predicted octanol–water partition coefficient (Wildman–Crippen LogP) is 4.26. The van der Waals surface area contributed by atoms with Gasteiger partial charge in [-0.1, -0.05) is 15.9 Å². The van der Waals surface area contributed by atoms with Crippen LogP contribution in [0.3, 0.4) is 0 Å². The zero-order chi connectivity index (χ0) is 17.1. The highest BCUT2D eigenvalue weighted by atomic mass is 79.9. The molecular formula is C19H28BrClN2O2. The Kier molecular flexibility index (Phi) is 7.59. The standard InChI is InChI=1S/C19H27BrN2O2.ClH/c1-13(2)24-18-11-15(20)5-6-17(18)19(23)22-9-7-16(8-10-22)21-12-14-3-4-14;/h5-6,11,13-14,16,21H,3-4,7-10,12H2,1-2H3;1H. The first kappa shape index (κ1) is 20.5. The third-order valence-electron chi connectivity index (χ3n) is 4.71. The van der Waals surface area contributed by atoms with E-state index in [1.165, 1.54) is 12.8 Å². The highest BCUT2D eigenvalue weighted by Crippen LogP contribution is 2.29. The van der Waals surface area contributed by atoms with Crippen LogP contribution in [0, 0.1) is 5.92 Å². The molecule has 0 atom stereocenters. The SMILES string of the molecule is CC(C)Oc1cc(Br)ccc1C(=O)N1CCC(NCC2CC2)CC1.Cl. The van der Waals surface area contributed by atoms with Gasteiger partial charge in [-0.15, -0.1) is 12.4 Å². The molecule has 1 saturated carbocycles. The summed E-state index contributed by atoms with van der Waals surface area (Å²) in [4.78, 5) is 14.9. The Labute approximate surface area is 165 Å². The van der Waals surface area contributed by atoms with Gasteiger partial charge in [0.1, 0.15) is 5.75 Å². The second kappa shape index (κ2) is 9.24. The third kappa shape index (κ3) is 5.87. The molecule has 0 aromatic heterocycles. The molecule has 1 aliphatic carbocycles. The lowest BCUT2D eigenvalue weighted by atomic mass is 10.0. The van der Waals surface area contributed by atoms with Gasteiger partial charge < -0.3 is 15.0 Å². The van der Waals surface area contributed by atoms with Crippen molar-refractivity contribution in [2.24, 2.45) is 5.92 Å². The number of hydrogen-bond donors (Lipinski definition) is 1. The summed E-state index contributed by atoms with van der Waals surface area (Å²) >= 11 is 3.46. The number of ether oxygens (including phenoxy) is 1. The van der Waals surface area contributed by atoms with Gasteiger partial charge in [0.25, 0.3) is 5.91 Å². The molecule has 1 saturated heterocycles.